The van der Waals surface area contributed by atoms with Gasteiger partial charge in [-0.1, -0.05) is 6.08 Å². The van der Waals surface area contributed by atoms with Crippen molar-refractivity contribution in [2.75, 3.05) is 5.32 Å². The Morgan fingerprint density at radius 2 is 1.94 bits per heavy atom. The summed E-state index contributed by atoms with van der Waals surface area (Å²) in [7, 11) is 0. The van der Waals surface area contributed by atoms with Crippen LogP contribution in [0.3, 0.4) is 0 Å². The lowest BCUT2D eigenvalue weighted by molar-refractivity contribution is 0.255. The summed E-state index contributed by atoms with van der Waals surface area (Å²) < 4.78 is 38.4. The van der Waals surface area contributed by atoms with Gasteiger partial charge >= 0.3 is 6.03 Å². The van der Waals surface area contributed by atoms with Crippen molar-refractivity contribution in [3.05, 3.63) is 41.9 Å². The second-order valence-corrected chi connectivity index (χ2v) is 2.82. The number of urea groups is 1. The van der Waals surface area contributed by atoms with Crippen molar-refractivity contribution < 1.29 is 18.0 Å². The molecule has 1 aromatic rings. The molecule has 1 aromatic carbocycles. The molecule has 0 aliphatic heterocycles. The maximum atomic E-state index is 13.1. The zero-order valence-corrected chi connectivity index (χ0v) is 8.35. The molecule has 0 saturated heterocycles. The fourth-order valence-corrected chi connectivity index (χ4v) is 0.940. The van der Waals surface area contributed by atoms with Crippen molar-refractivity contribution in [2.45, 2.75) is 6.92 Å². The predicted octanol–water partition coefficient (Wildman–Crippen LogP) is 2.76. The first kappa shape index (κ1) is 12.1. The van der Waals surface area contributed by atoms with Crippen LogP contribution in [0.25, 0.3) is 0 Å². The molecule has 0 aliphatic rings. The van der Waals surface area contributed by atoms with Crippen molar-refractivity contribution in [3.8, 4) is 0 Å². The van der Waals surface area contributed by atoms with Gasteiger partial charge in [0.25, 0.3) is 0 Å². The molecule has 1 rings (SSSR count). The molecule has 0 fully saturated rings. The zero-order valence-electron chi connectivity index (χ0n) is 8.35. The topological polar surface area (TPSA) is 41.1 Å². The van der Waals surface area contributed by atoms with Gasteiger partial charge in [0.15, 0.2) is 17.5 Å². The summed E-state index contributed by atoms with van der Waals surface area (Å²) >= 11 is 0. The second kappa shape index (κ2) is 5.20. The van der Waals surface area contributed by atoms with Crippen molar-refractivity contribution in [1.29, 1.82) is 0 Å². The number of amides is 2. The van der Waals surface area contributed by atoms with E-state index < -0.39 is 29.2 Å². The summed E-state index contributed by atoms with van der Waals surface area (Å²) in [6.07, 6.45) is 2.86. The van der Waals surface area contributed by atoms with Gasteiger partial charge in [-0.15, -0.1) is 0 Å². The van der Waals surface area contributed by atoms with Crippen LogP contribution in [-0.2, 0) is 0 Å². The van der Waals surface area contributed by atoms with Crippen molar-refractivity contribution in [2.24, 2.45) is 0 Å². The predicted molar refractivity (Wildman–Crippen MR) is 53.3 cm³/mol. The van der Waals surface area contributed by atoms with Gasteiger partial charge in [0.1, 0.15) is 0 Å². The average molecular weight is 230 g/mol. The highest BCUT2D eigenvalue weighted by Gasteiger charge is 2.14. The maximum Gasteiger partial charge on any atom is 0.323 e. The Labute approximate surface area is 90.0 Å². The molecule has 86 valence electrons. The number of carbonyl (C=O) groups excluding carboxylic acids is 1. The normalized spacial score (nSPS) is 10.5. The number of halogens is 3. The van der Waals surface area contributed by atoms with E-state index in [4.69, 9.17) is 0 Å². The van der Waals surface area contributed by atoms with Crippen molar-refractivity contribution >= 4 is 11.7 Å². The van der Waals surface area contributed by atoms with Gasteiger partial charge in [-0.2, -0.15) is 0 Å². The van der Waals surface area contributed by atoms with E-state index in [1.807, 2.05) is 5.32 Å². The molecule has 3 nitrogen and oxygen atoms in total. The molecule has 0 aromatic heterocycles. The first-order valence-corrected chi connectivity index (χ1v) is 4.38. The Morgan fingerprint density at radius 3 is 2.56 bits per heavy atom. The number of nitrogens with one attached hydrogen (secondary N) is 2. The van der Waals surface area contributed by atoms with E-state index in [2.05, 4.69) is 5.32 Å². The van der Waals surface area contributed by atoms with Crippen LogP contribution in [0.4, 0.5) is 23.7 Å². The molecule has 16 heavy (non-hydrogen) atoms. The second-order valence-electron chi connectivity index (χ2n) is 2.82. The average Bonchev–Trinajstić information content (AvgIpc) is 2.27. The van der Waals surface area contributed by atoms with E-state index >= 15 is 0 Å². The lowest BCUT2D eigenvalue weighted by Crippen LogP contribution is -2.24. The van der Waals surface area contributed by atoms with Gasteiger partial charge in [-0.05, 0) is 19.1 Å². The van der Waals surface area contributed by atoms with E-state index in [0.717, 1.165) is 12.1 Å². The van der Waals surface area contributed by atoms with E-state index in [9.17, 15) is 18.0 Å². The summed E-state index contributed by atoms with van der Waals surface area (Å²) in [5.74, 6) is -4.36. The van der Waals surface area contributed by atoms with Gasteiger partial charge < -0.3 is 10.6 Å². The van der Waals surface area contributed by atoms with E-state index in [1.165, 1.54) is 6.20 Å². The van der Waals surface area contributed by atoms with Crippen molar-refractivity contribution in [3.63, 3.8) is 0 Å². The summed E-state index contributed by atoms with van der Waals surface area (Å²) in [4.78, 5) is 11.1. The minimum atomic E-state index is -1.62. The van der Waals surface area contributed by atoms with E-state index in [-0.39, 0.29) is 0 Å². The van der Waals surface area contributed by atoms with Crippen LogP contribution in [0.15, 0.2) is 24.4 Å². The molecular weight excluding hydrogens is 221 g/mol. The largest absolute Gasteiger partial charge is 0.323 e. The third kappa shape index (κ3) is 2.75. The molecular formula is C10H9F3N2O. The fraction of sp³-hybridized carbons (Fsp3) is 0.100. The standard InChI is InChI=1S/C10H9F3N2O/c1-2-5-14-10(16)15-7-4-3-6(11)8(12)9(7)13/h2-5H,1H3,(H2,14,15,16)/b5-2+. The van der Waals surface area contributed by atoms with Gasteiger partial charge in [-0.3, -0.25) is 0 Å². The molecule has 0 aliphatic carbocycles. The molecule has 0 unspecified atom stereocenters. The highest BCUT2D eigenvalue weighted by atomic mass is 19.2. The molecule has 0 atom stereocenters. The van der Waals surface area contributed by atoms with Gasteiger partial charge in [0.2, 0.25) is 0 Å². The van der Waals surface area contributed by atoms with Gasteiger partial charge in [-0.25, -0.2) is 18.0 Å². The quantitative estimate of drug-likeness (QED) is 0.753. The number of rotatable bonds is 2. The minimum Gasteiger partial charge on any atom is -0.315 e. The Hall–Kier alpha value is -1.98. The highest BCUT2D eigenvalue weighted by molar-refractivity contribution is 5.89. The fourth-order valence-electron chi connectivity index (χ4n) is 0.940. The molecule has 6 heteroatoms. The van der Waals surface area contributed by atoms with Crippen molar-refractivity contribution in [1.82, 2.24) is 5.32 Å². The van der Waals surface area contributed by atoms with E-state index in [1.54, 1.807) is 13.0 Å². The Morgan fingerprint density at radius 1 is 1.25 bits per heavy atom. The lowest BCUT2D eigenvalue weighted by Gasteiger charge is -2.06. The minimum absolute atomic E-state index is 0.430. The van der Waals surface area contributed by atoms with Crippen LogP contribution in [0.2, 0.25) is 0 Å². The van der Waals surface area contributed by atoms with Crippen LogP contribution in [0.1, 0.15) is 6.92 Å². The molecule has 0 heterocycles. The molecule has 0 bridgehead atoms. The number of anilines is 1. The van der Waals surface area contributed by atoms with Crippen LogP contribution >= 0.6 is 0 Å². The van der Waals surface area contributed by atoms with Crippen LogP contribution in [0.5, 0.6) is 0 Å². The molecule has 0 saturated carbocycles. The zero-order chi connectivity index (χ0) is 12.1. The third-order valence-electron chi connectivity index (χ3n) is 1.66. The number of carbonyl (C=O) groups is 1. The van der Waals surface area contributed by atoms with Gasteiger partial charge in [0.05, 0.1) is 5.69 Å². The smallest absolute Gasteiger partial charge is 0.315 e. The summed E-state index contributed by atoms with van der Waals surface area (Å²) in [5.41, 5.74) is -0.430. The van der Waals surface area contributed by atoms with E-state index in [0.29, 0.717) is 0 Å². The monoisotopic (exact) mass is 230 g/mol. The summed E-state index contributed by atoms with van der Waals surface area (Å²) in [6.45, 7) is 1.67. The first-order chi connectivity index (χ1) is 7.56. The van der Waals surface area contributed by atoms with Gasteiger partial charge in [0, 0.05) is 6.20 Å². The Balaban J connectivity index is 2.82. The molecule has 2 N–H and O–H groups in total. The highest BCUT2D eigenvalue weighted by Crippen LogP contribution is 2.19. The Kier molecular flexibility index (Phi) is 3.93. The van der Waals surface area contributed by atoms with Crippen LogP contribution < -0.4 is 10.6 Å². The van der Waals surface area contributed by atoms with Crippen LogP contribution in [0, 0.1) is 17.5 Å². The number of hydrogen-bond acceptors (Lipinski definition) is 1. The third-order valence-corrected chi connectivity index (χ3v) is 1.66. The summed E-state index contributed by atoms with van der Waals surface area (Å²) in [5, 5.41) is 4.26. The van der Waals surface area contributed by atoms with Crippen LogP contribution in [-0.4, -0.2) is 6.03 Å². The molecule has 0 radical (unpaired) electrons. The lowest BCUT2D eigenvalue weighted by atomic mass is 10.3. The first-order valence-electron chi connectivity index (χ1n) is 4.38. The number of hydrogen-bond donors (Lipinski definition) is 2. The number of benzene rings is 1. The SMILES string of the molecule is C/C=C/NC(=O)Nc1ccc(F)c(F)c1F. The summed E-state index contributed by atoms with van der Waals surface area (Å²) in [6, 6.07) is 0.912. The number of allylic oxidation sites excluding steroid dienone is 1. The Bertz CT molecular complexity index is 432. The molecule has 2 amide bonds. The molecule has 0 spiro atoms. The maximum absolute atomic E-state index is 13.1.